The van der Waals surface area contributed by atoms with Crippen LogP contribution in [0.2, 0.25) is 0 Å². The molecule has 0 radical (unpaired) electrons. The minimum atomic E-state index is -0.137. The van der Waals surface area contributed by atoms with E-state index in [9.17, 15) is 4.79 Å². The van der Waals surface area contributed by atoms with Crippen molar-refractivity contribution in [3.05, 3.63) is 18.2 Å². The highest BCUT2D eigenvalue weighted by molar-refractivity contribution is 5.79. The van der Waals surface area contributed by atoms with E-state index in [0.29, 0.717) is 6.42 Å². The van der Waals surface area contributed by atoms with Gasteiger partial charge in [-0.05, 0) is 0 Å². The van der Waals surface area contributed by atoms with Crippen LogP contribution in [0.15, 0.2) is 12.5 Å². The molecule has 1 aliphatic rings. The molecule has 0 aromatic carbocycles. The summed E-state index contributed by atoms with van der Waals surface area (Å²) < 4.78 is 1.86. The highest BCUT2D eigenvalue weighted by atomic mass is 16.2. The summed E-state index contributed by atoms with van der Waals surface area (Å²) in [5.41, 5.74) is 6.76. The van der Waals surface area contributed by atoms with E-state index in [1.165, 1.54) is 0 Å². The Morgan fingerprint density at radius 1 is 1.57 bits per heavy atom. The highest BCUT2D eigenvalue weighted by Gasteiger charge is 2.37. The molecule has 1 saturated heterocycles. The standard InChI is InChI=1S/C9H14N4O/c1-12-4-7(11-5-12)9-6(10)3-8(14)13(9)2/h4-6,9H,3,10H2,1-2H3/t6-,9-/m1/s1. The molecule has 14 heavy (non-hydrogen) atoms. The zero-order chi connectivity index (χ0) is 10.3. The number of aryl methyl sites for hydroxylation is 1. The van der Waals surface area contributed by atoms with Crippen molar-refractivity contribution < 1.29 is 4.79 Å². The number of likely N-dealkylation sites (tertiary alicyclic amines) is 1. The molecule has 2 rings (SSSR count). The lowest BCUT2D eigenvalue weighted by molar-refractivity contribution is -0.127. The summed E-state index contributed by atoms with van der Waals surface area (Å²) in [4.78, 5) is 17.3. The van der Waals surface area contributed by atoms with E-state index in [1.54, 1.807) is 18.3 Å². The van der Waals surface area contributed by atoms with Crippen molar-refractivity contribution in [1.82, 2.24) is 14.5 Å². The van der Waals surface area contributed by atoms with Gasteiger partial charge >= 0.3 is 0 Å². The maximum atomic E-state index is 11.4. The predicted octanol–water partition coefficient (Wildman–Crippen LogP) is -0.349. The minimum absolute atomic E-state index is 0.0660. The summed E-state index contributed by atoms with van der Waals surface area (Å²) in [7, 11) is 3.67. The van der Waals surface area contributed by atoms with Crippen LogP contribution in [0.5, 0.6) is 0 Å². The van der Waals surface area contributed by atoms with Crippen molar-refractivity contribution in [3.8, 4) is 0 Å². The first kappa shape index (κ1) is 9.21. The number of aromatic nitrogens is 2. The number of nitrogens with zero attached hydrogens (tertiary/aromatic N) is 3. The van der Waals surface area contributed by atoms with Crippen molar-refractivity contribution in [2.45, 2.75) is 18.5 Å². The highest BCUT2D eigenvalue weighted by Crippen LogP contribution is 2.28. The van der Waals surface area contributed by atoms with Crippen LogP contribution >= 0.6 is 0 Å². The fourth-order valence-electron chi connectivity index (χ4n) is 1.90. The third-order valence-electron chi connectivity index (χ3n) is 2.65. The molecule has 1 aliphatic heterocycles. The van der Waals surface area contributed by atoms with E-state index in [-0.39, 0.29) is 18.0 Å². The van der Waals surface area contributed by atoms with Crippen LogP contribution in [0.3, 0.4) is 0 Å². The Kier molecular flexibility index (Phi) is 2.03. The number of hydrogen-bond acceptors (Lipinski definition) is 3. The lowest BCUT2D eigenvalue weighted by Crippen LogP contribution is -2.30. The van der Waals surface area contributed by atoms with Gasteiger partial charge in [-0.3, -0.25) is 4.79 Å². The zero-order valence-electron chi connectivity index (χ0n) is 8.34. The summed E-state index contributed by atoms with van der Waals surface area (Å²) in [5.74, 6) is 0.0909. The molecule has 1 aromatic rings. The van der Waals surface area contributed by atoms with Gasteiger partial charge in [-0.1, -0.05) is 0 Å². The molecule has 2 N–H and O–H groups in total. The molecule has 1 aromatic heterocycles. The second-order valence-electron chi connectivity index (χ2n) is 3.78. The molecule has 0 aliphatic carbocycles. The summed E-state index contributed by atoms with van der Waals surface area (Å²) in [6.07, 6.45) is 4.04. The smallest absolute Gasteiger partial charge is 0.224 e. The normalized spacial score (nSPS) is 27.4. The number of carbonyl (C=O) groups excluding carboxylic acids is 1. The average Bonchev–Trinajstić information content (AvgIpc) is 2.60. The second kappa shape index (κ2) is 3.09. The van der Waals surface area contributed by atoms with Crippen molar-refractivity contribution in [2.75, 3.05) is 7.05 Å². The van der Waals surface area contributed by atoms with E-state index in [2.05, 4.69) is 4.98 Å². The molecule has 1 amide bonds. The van der Waals surface area contributed by atoms with Gasteiger partial charge in [-0.2, -0.15) is 0 Å². The van der Waals surface area contributed by atoms with Crippen molar-refractivity contribution in [3.63, 3.8) is 0 Å². The van der Waals surface area contributed by atoms with E-state index in [0.717, 1.165) is 5.69 Å². The van der Waals surface area contributed by atoms with Crippen molar-refractivity contribution in [2.24, 2.45) is 12.8 Å². The number of carbonyl (C=O) groups is 1. The Labute approximate surface area is 82.5 Å². The SMILES string of the molecule is CN1C(=O)C[C@@H](N)[C@@H]1c1cn(C)cn1. The van der Waals surface area contributed by atoms with Crippen LogP contribution in [-0.2, 0) is 11.8 Å². The summed E-state index contributed by atoms with van der Waals surface area (Å²) in [6.45, 7) is 0. The summed E-state index contributed by atoms with van der Waals surface area (Å²) >= 11 is 0. The molecule has 0 spiro atoms. The lowest BCUT2D eigenvalue weighted by Gasteiger charge is -2.20. The largest absolute Gasteiger partial charge is 0.340 e. The van der Waals surface area contributed by atoms with Crippen LogP contribution < -0.4 is 5.73 Å². The van der Waals surface area contributed by atoms with Crippen LogP contribution in [0, 0.1) is 0 Å². The van der Waals surface area contributed by atoms with Crippen molar-refractivity contribution >= 4 is 5.91 Å². The Balaban J connectivity index is 2.30. The molecular weight excluding hydrogens is 180 g/mol. The summed E-state index contributed by atoms with van der Waals surface area (Å²) in [5, 5.41) is 0. The van der Waals surface area contributed by atoms with E-state index in [4.69, 9.17) is 5.73 Å². The number of imidazole rings is 1. The van der Waals surface area contributed by atoms with E-state index < -0.39 is 0 Å². The molecule has 2 heterocycles. The molecule has 1 fully saturated rings. The Hall–Kier alpha value is -1.36. The van der Waals surface area contributed by atoms with Gasteiger partial charge in [0, 0.05) is 32.8 Å². The van der Waals surface area contributed by atoms with Crippen LogP contribution in [0.1, 0.15) is 18.2 Å². The van der Waals surface area contributed by atoms with Gasteiger partial charge in [-0.15, -0.1) is 0 Å². The maximum absolute atomic E-state index is 11.4. The number of nitrogens with two attached hydrogens (primary N) is 1. The van der Waals surface area contributed by atoms with Crippen LogP contribution in [0.4, 0.5) is 0 Å². The van der Waals surface area contributed by atoms with Gasteiger partial charge in [0.1, 0.15) is 0 Å². The van der Waals surface area contributed by atoms with Gasteiger partial charge in [-0.25, -0.2) is 4.98 Å². The third kappa shape index (κ3) is 1.29. The maximum Gasteiger partial charge on any atom is 0.224 e. The number of likely N-dealkylation sites (N-methyl/N-ethyl adjacent to an activating group) is 1. The second-order valence-corrected chi connectivity index (χ2v) is 3.78. The molecular formula is C9H14N4O. The molecule has 0 saturated carbocycles. The van der Waals surface area contributed by atoms with Crippen molar-refractivity contribution in [1.29, 1.82) is 0 Å². The number of amides is 1. The van der Waals surface area contributed by atoms with Gasteiger partial charge in [0.25, 0.3) is 0 Å². The molecule has 5 nitrogen and oxygen atoms in total. The Bertz CT molecular complexity index is 359. The van der Waals surface area contributed by atoms with Gasteiger partial charge in [0.15, 0.2) is 0 Å². The Morgan fingerprint density at radius 3 is 2.71 bits per heavy atom. The summed E-state index contributed by atoms with van der Waals surface area (Å²) in [6, 6.07) is -0.203. The average molecular weight is 194 g/mol. The van der Waals surface area contributed by atoms with E-state index >= 15 is 0 Å². The fraction of sp³-hybridized carbons (Fsp3) is 0.556. The van der Waals surface area contributed by atoms with Crippen LogP contribution in [-0.4, -0.2) is 33.4 Å². The molecule has 76 valence electrons. The monoisotopic (exact) mass is 194 g/mol. The first-order chi connectivity index (χ1) is 6.59. The predicted molar refractivity (Wildman–Crippen MR) is 51.3 cm³/mol. The van der Waals surface area contributed by atoms with Gasteiger partial charge in [0.2, 0.25) is 5.91 Å². The minimum Gasteiger partial charge on any atom is -0.340 e. The van der Waals surface area contributed by atoms with Gasteiger partial charge < -0.3 is 15.2 Å². The lowest BCUT2D eigenvalue weighted by atomic mass is 10.1. The topological polar surface area (TPSA) is 64.2 Å². The molecule has 2 atom stereocenters. The number of hydrogen-bond donors (Lipinski definition) is 1. The molecule has 0 bridgehead atoms. The zero-order valence-corrected chi connectivity index (χ0v) is 8.34. The van der Waals surface area contributed by atoms with Gasteiger partial charge in [0.05, 0.1) is 18.1 Å². The fourth-order valence-corrected chi connectivity index (χ4v) is 1.90. The van der Waals surface area contributed by atoms with E-state index in [1.807, 2.05) is 17.8 Å². The third-order valence-corrected chi connectivity index (χ3v) is 2.65. The Morgan fingerprint density at radius 2 is 2.29 bits per heavy atom. The quantitative estimate of drug-likeness (QED) is 0.664. The molecule has 5 heteroatoms. The number of rotatable bonds is 1. The first-order valence-electron chi connectivity index (χ1n) is 4.58. The van der Waals surface area contributed by atoms with Crippen LogP contribution in [0.25, 0.3) is 0 Å². The first-order valence-corrected chi connectivity index (χ1v) is 4.58. The molecule has 0 unspecified atom stereocenters.